The summed E-state index contributed by atoms with van der Waals surface area (Å²) < 4.78 is 80.1. The summed E-state index contributed by atoms with van der Waals surface area (Å²) in [4.78, 5) is 38.6. The molecule has 592 valence electrons. The molecule has 2 atom stereocenters. The van der Waals surface area contributed by atoms with E-state index in [1.807, 2.05) is 144 Å². The standard InChI is InChI=1S/C44H53ClN4O5S.C25H34IN3O2S.C19H20ClNO3/c1-30(2)54-42-28-40-34(26-41(42)53-5)27-43(50)49(44(40)33-10-12-35(45)13-11-33)38-18-16-36(17-19-38)46(4)29-32-8-14-37(15-9-32)47-22-24-48(25-23-47)55(51,52)39-20-6-31(3)7-21-39;1-20-3-13-25(14-4-20)32(30,31)29-17-15-28(16-18-29)24-9-5-21(6-10-24)19-27(2)23-11-7-22(26)8-12-23;1-11(2)24-17-10-15-13(8-16(17)23-3)9-18(22)21-19(15)12-4-6-14(20)7-5-12/h6-7,10-13,16-21,26,28,30,32,37,44H,8-9,14-15,22-25,27,29H2,1-5H3;3-4,7-8,11-14,21,24H,5-6,9-10,15-19H2,1-2H3;4-8,10-11,19H,9H2,1-3H3,(H,21,22)/t32?,37?,44-;;19-/m0.0/s1. The lowest BCUT2D eigenvalue weighted by molar-refractivity contribution is -0.121. The largest absolute Gasteiger partial charge is 0.493 e. The molecule has 2 amide bonds. The lowest BCUT2D eigenvalue weighted by Crippen LogP contribution is -2.52. The molecule has 4 aliphatic heterocycles. The van der Waals surface area contributed by atoms with Crippen LogP contribution in [0.1, 0.15) is 136 Å². The highest BCUT2D eigenvalue weighted by atomic mass is 127. The topological polar surface area (TPSA) is 174 Å². The lowest BCUT2D eigenvalue weighted by Gasteiger charge is -2.42. The molecule has 8 aromatic rings. The number of sulfonamides is 2. The zero-order chi connectivity index (χ0) is 78.8. The Morgan fingerprint density at radius 3 is 1.30 bits per heavy atom. The predicted octanol–water partition coefficient (Wildman–Crippen LogP) is 16.6. The van der Waals surface area contributed by atoms with Crippen LogP contribution in [0.25, 0.3) is 0 Å². The van der Waals surface area contributed by atoms with Gasteiger partial charge in [0.15, 0.2) is 23.0 Å². The van der Waals surface area contributed by atoms with Gasteiger partial charge >= 0.3 is 0 Å². The van der Waals surface area contributed by atoms with E-state index in [1.165, 1.54) is 34.9 Å². The van der Waals surface area contributed by atoms with Crippen molar-refractivity contribution in [3.05, 3.63) is 228 Å². The summed E-state index contributed by atoms with van der Waals surface area (Å²) in [5.41, 5.74) is 11.2. The SMILES string of the molecule is COc1cc2c(cc1OC(C)C)[C@H](c1ccc(Cl)cc1)N(c1ccc(N(C)CC3CCC(N4CCN(S(=O)(=O)c5ccc(C)cc5)CC4)CC3)cc1)C(=O)C2.COc1cc2c(cc1OC(C)C)[C@H](c1ccc(Cl)cc1)NC(=O)C2.Cc1ccc(S(=O)(=O)N2CCN(C3CCC(CN(C)c4ccc(I)cc4)CC3)CC2)cc1. The summed E-state index contributed by atoms with van der Waals surface area (Å²) in [7, 11) is 0.732. The van der Waals surface area contributed by atoms with Crippen LogP contribution in [-0.2, 0) is 42.5 Å². The number of hydrogen-bond donors (Lipinski definition) is 1. The highest BCUT2D eigenvalue weighted by Crippen LogP contribution is 2.45. The Labute approximate surface area is 681 Å². The average molecular weight is 1700 g/mol. The maximum atomic E-state index is 14.0. The number of ether oxygens (including phenoxy) is 4. The molecule has 0 bridgehead atoms. The van der Waals surface area contributed by atoms with Crippen LogP contribution in [0.15, 0.2) is 180 Å². The second-order valence-corrected chi connectivity index (χ2v) is 37.0. The van der Waals surface area contributed by atoms with Crippen LogP contribution < -0.4 is 39.0 Å². The van der Waals surface area contributed by atoms with Gasteiger partial charge in [0.2, 0.25) is 31.9 Å². The number of nitrogens with one attached hydrogen (secondary N) is 1. The fourth-order valence-electron chi connectivity index (χ4n) is 16.5. The maximum Gasteiger partial charge on any atom is 0.243 e. The minimum atomic E-state index is -3.46. The third-order valence-corrected chi connectivity index (χ3v) is 27.6. The molecule has 2 aliphatic carbocycles. The number of anilines is 3. The quantitative estimate of drug-likeness (QED) is 0.0673. The highest BCUT2D eigenvalue weighted by molar-refractivity contribution is 14.1. The van der Waals surface area contributed by atoms with Crippen LogP contribution in [0.5, 0.6) is 23.0 Å². The Kier molecular flexibility index (Phi) is 27.8. The van der Waals surface area contributed by atoms with E-state index in [4.69, 9.17) is 42.1 Å². The first kappa shape index (κ1) is 83.0. The van der Waals surface area contributed by atoms with Crippen LogP contribution in [0, 0.1) is 29.3 Å². The van der Waals surface area contributed by atoms with E-state index in [1.54, 1.807) is 47.1 Å². The number of rotatable bonds is 21. The monoisotopic (exact) mass is 1700 g/mol. The van der Waals surface area contributed by atoms with Crippen molar-refractivity contribution in [2.45, 2.75) is 152 Å². The number of piperazine rings is 2. The number of carbonyl (C=O) groups excluding carboxylic acids is 2. The van der Waals surface area contributed by atoms with Gasteiger partial charge < -0.3 is 39.0 Å². The fourth-order valence-corrected chi connectivity index (χ4v) is 20.0. The van der Waals surface area contributed by atoms with E-state index >= 15 is 0 Å². The second-order valence-electron chi connectivity index (χ2n) is 31.0. The Balaban J connectivity index is 0.000000172. The molecule has 23 heteroatoms. The van der Waals surface area contributed by atoms with Gasteiger partial charge in [0.1, 0.15) is 0 Å². The summed E-state index contributed by atoms with van der Waals surface area (Å²) in [6.07, 6.45) is 10.1. The summed E-state index contributed by atoms with van der Waals surface area (Å²) in [6.45, 7) is 19.4. The number of amides is 2. The van der Waals surface area contributed by atoms with Crippen LogP contribution in [0.2, 0.25) is 10.0 Å². The maximum absolute atomic E-state index is 14.0. The van der Waals surface area contributed by atoms with E-state index in [0.29, 0.717) is 93.4 Å². The van der Waals surface area contributed by atoms with Crippen molar-refractivity contribution in [3.8, 4) is 23.0 Å². The Morgan fingerprint density at radius 1 is 0.486 bits per heavy atom. The number of nitrogens with zero attached hydrogens (tertiary/aromatic N) is 7. The first-order chi connectivity index (χ1) is 53.2. The molecule has 2 saturated heterocycles. The van der Waals surface area contributed by atoms with Crippen LogP contribution in [0.4, 0.5) is 17.1 Å². The molecule has 6 aliphatic rings. The Hall–Kier alpha value is -7.45. The van der Waals surface area contributed by atoms with E-state index in [-0.39, 0.29) is 42.5 Å². The van der Waals surface area contributed by atoms with Gasteiger partial charge in [0, 0.05) is 122 Å². The molecule has 111 heavy (non-hydrogen) atoms. The zero-order valence-corrected chi connectivity index (χ0v) is 70.9. The van der Waals surface area contributed by atoms with Gasteiger partial charge in [0.05, 0.1) is 61.1 Å². The number of halogens is 3. The molecule has 8 aromatic carbocycles. The van der Waals surface area contributed by atoms with Crippen LogP contribution in [0.3, 0.4) is 0 Å². The van der Waals surface area contributed by atoms with E-state index in [9.17, 15) is 26.4 Å². The van der Waals surface area contributed by atoms with Crippen molar-refractivity contribution < 1.29 is 45.4 Å². The van der Waals surface area contributed by atoms with Crippen molar-refractivity contribution in [3.63, 3.8) is 0 Å². The molecule has 1 N–H and O–H groups in total. The van der Waals surface area contributed by atoms with Gasteiger partial charge in [-0.25, -0.2) is 16.8 Å². The van der Waals surface area contributed by atoms with Crippen molar-refractivity contribution in [1.82, 2.24) is 23.7 Å². The van der Waals surface area contributed by atoms with Gasteiger partial charge in [0.25, 0.3) is 0 Å². The molecular weight excluding hydrogens is 1590 g/mol. The predicted molar refractivity (Wildman–Crippen MR) is 454 cm³/mol. The molecule has 18 nitrogen and oxygen atoms in total. The van der Waals surface area contributed by atoms with Crippen LogP contribution in [-0.4, -0.2) is 165 Å². The van der Waals surface area contributed by atoms with Crippen molar-refractivity contribution in [2.75, 3.05) is 108 Å². The van der Waals surface area contributed by atoms with Gasteiger partial charge in [-0.3, -0.25) is 19.4 Å². The summed E-state index contributed by atoms with van der Waals surface area (Å²) in [5, 5.41) is 4.36. The lowest BCUT2D eigenvalue weighted by atomic mass is 9.84. The molecule has 0 aromatic heterocycles. The van der Waals surface area contributed by atoms with Crippen molar-refractivity contribution in [2.24, 2.45) is 11.8 Å². The third kappa shape index (κ3) is 20.6. The Morgan fingerprint density at radius 2 is 0.883 bits per heavy atom. The zero-order valence-electron chi connectivity index (χ0n) is 65.6. The smallest absolute Gasteiger partial charge is 0.243 e. The molecule has 4 heterocycles. The molecular formula is C88H107Cl2IN8O10S2. The van der Waals surface area contributed by atoms with Crippen LogP contribution >= 0.6 is 45.8 Å². The molecule has 14 rings (SSSR count). The first-order valence-corrected chi connectivity index (χ1v) is 43.7. The Bertz CT molecular complexity index is 4690. The van der Waals surface area contributed by atoms with E-state index in [0.717, 1.165) is 127 Å². The van der Waals surface area contributed by atoms with Gasteiger partial charge in [-0.2, -0.15) is 8.61 Å². The van der Waals surface area contributed by atoms with Gasteiger partial charge in [-0.1, -0.05) is 82.9 Å². The molecule has 0 radical (unpaired) electrons. The average Bonchev–Trinajstić information content (AvgIpc) is 0.747. The van der Waals surface area contributed by atoms with Crippen molar-refractivity contribution in [1.29, 1.82) is 0 Å². The molecule has 0 spiro atoms. The van der Waals surface area contributed by atoms with Crippen molar-refractivity contribution >= 4 is 94.7 Å². The summed E-state index contributed by atoms with van der Waals surface area (Å²) >= 11 is 14.6. The number of fused-ring (bicyclic) bond motifs is 2. The van der Waals surface area contributed by atoms with Gasteiger partial charge in [-0.05, 0) is 282 Å². The number of hydrogen-bond acceptors (Lipinski definition) is 14. The number of methoxy groups -OCH3 is 2. The number of carbonyl (C=O) groups is 2. The third-order valence-electron chi connectivity index (χ3n) is 22.5. The molecule has 0 unspecified atom stereocenters. The summed E-state index contributed by atoms with van der Waals surface area (Å²) in [6, 6.07) is 55.0. The minimum absolute atomic E-state index is 0.0120. The van der Waals surface area contributed by atoms with E-state index < -0.39 is 20.0 Å². The molecule has 2 saturated carbocycles. The van der Waals surface area contributed by atoms with Gasteiger partial charge in [-0.15, -0.1) is 0 Å². The highest BCUT2D eigenvalue weighted by Gasteiger charge is 2.39. The molecule has 4 fully saturated rings. The first-order valence-electron chi connectivity index (χ1n) is 39.0. The number of aryl methyl sites for hydroxylation is 2. The minimum Gasteiger partial charge on any atom is -0.493 e. The van der Waals surface area contributed by atoms with E-state index in [2.05, 4.69) is 110 Å². The number of benzene rings is 8. The summed E-state index contributed by atoms with van der Waals surface area (Å²) in [5.74, 6) is 3.92. The fraction of sp³-hybridized carbons (Fsp3) is 0.432. The normalized spacial score (nSPS) is 20.7. The second kappa shape index (κ2) is 37.2.